The topological polar surface area (TPSA) is 212 Å². The van der Waals surface area contributed by atoms with E-state index in [1.807, 2.05) is 95.8 Å². The number of ether oxygens (including phenoxy) is 2. The molecule has 2 N–H and O–H groups in total. The van der Waals surface area contributed by atoms with Crippen LogP contribution in [-0.2, 0) is 72.5 Å². The van der Waals surface area contributed by atoms with Gasteiger partial charge in [-0.05, 0) is 226 Å². The van der Waals surface area contributed by atoms with E-state index in [-0.39, 0.29) is 53.9 Å². The molecular formula is C67H120F12O18Si4. The van der Waals surface area contributed by atoms with Crippen LogP contribution in [0.3, 0.4) is 0 Å². The summed E-state index contributed by atoms with van der Waals surface area (Å²) in [6.07, 6.45) is -10.6. The standard InChI is InChI=1S/C11H14F6O.C10H12F6O.C10H14O2.C9H10O3.3C7H18O3Si.C6H16O2Si/c12-10(13,14)9(18,11(15,16)17)5-8-4-6-1-2-7(8)3-6;11-9(12,13)8(17,10(14,15)16)7-4-5-1-2-6(7)3-5;11-9-5-10(6-12-9)4-7-1-2-8(10)3-7;10-8-6-4-1-2-5(3-4)7(6)9(11)12-8;3*1-5-8-11(4,9-6-2)10-7-3;1-5-7-9(3,4)8-6-2/h6-8,18H,1-5H2;5-7,17H,1-4H2;7-8H,1-6H2;4-7H,1-3H2;3*5-7H2,1-4H3;5-6H2,1-4H3. The molecule has 2 aliphatic heterocycles. The highest BCUT2D eigenvalue weighted by Gasteiger charge is 2.76. The van der Waals surface area contributed by atoms with E-state index in [2.05, 4.69) is 17.8 Å². The molecule has 0 aromatic rings. The van der Waals surface area contributed by atoms with Gasteiger partial charge in [0.05, 0.1) is 24.9 Å². The first-order valence-corrected chi connectivity index (χ1v) is 46.0. The van der Waals surface area contributed by atoms with Crippen LogP contribution in [0.15, 0.2) is 0 Å². The van der Waals surface area contributed by atoms with Crippen molar-refractivity contribution in [3.63, 3.8) is 0 Å². The van der Waals surface area contributed by atoms with Gasteiger partial charge in [0.25, 0.3) is 11.2 Å². The maximum Gasteiger partial charge on any atom is 0.497 e. The first-order chi connectivity index (χ1) is 46.8. The lowest BCUT2D eigenvalue weighted by molar-refractivity contribution is -0.388. The molecule has 0 aromatic heterocycles. The molecule has 10 rings (SSSR count). The average molecular weight is 1550 g/mol. The molecule has 13 atom stereocenters. The summed E-state index contributed by atoms with van der Waals surface area (Å²) in [6.45, 7) is 39.5. The highest BCUT2D eigenvalue weighted by atomic mass is 28.4. The lowest BCUT2D eigenvalue weighted by Crippen LogP contribution is -2.62. The Morgan fingerprint density at radius 1 is 0.416 bits per heavy atom. The maximum absolute atomic E-state index is 12.6. The molecule has 0 aromatic carbocycles. The summed E-state index contributed by atoms with van der Waals surface area (Å²) in [5.74, 6) is -0.939. The van der Waals surface area contributed by atoms with Crippen LogP contribution < -0.4 is 0 Å². The van der Waals surface area contributed by atoms with E-state index < -0.39 is 95.1 Å². The molecule has 10 aliphatic rings. The lowest BCUT2D eigenvalue weighted by Gasteiger charge is -2.40. The Labute approximate surface area is 595 Å². The SMILES string of the molecule is CCO[Si](C)(C)OCC.CCO[Si](C)(OCC)OCC.CCO[Si](C)(OCC)OCC.CCO[Si](C)(OCC)OCC.O=C1CC2(CO1)CC1CCC2C1.O=C1OC(=O)C2C3CCC(C3)C12.OC(C1CC2CCC1C2)(C(F)(F)F)C(F)(F)F.OC(CC1CC2CCC1C2)(C(F)(F)F)C(F)(F)F. The van der Waals surface area contributed by atoms with E-state index in [0.29, 0.717) is 122 Å². The fourth-order valence-electron chi connectivity index (χ4n) is 17.0. The number of cyclic esters (lactones) is 3. The molecule has 2 saturated heterocycles. The number of hydrogen-bond acceptors (Lipinski definition) is 18. The third-order valence-corrected chi connectivity index (χ3v) is 30.2. The van der Waals surface area contributed by atoms with Gasteiger partial charge in [0, 0.05) is 104 Å². The van der Waals surface area contributed by atoms with Crippen molar-refractivity contribution in [2.45, 2.75) is 254 Å². The van der Waals surface area contributed by atoms with Crippen molar-refractivity contribution in [2.24, 2.45) is 76.4 Å². The summed E-state index contributed by atoms with van der Waals surface area (Å²) in [5.41, 5.74) is -8.80. The monoisotopic (exact) mass is 1550 g/mol. The van der Waals surface area contributed by atoms with Crippen molar-refractivity contribution in [2.75, 3.05) is 79.3 Å². The first kappa shape index (κ1) is 93.3. The molecule has 2 heterocycles. The van der Waals surface area contributed by atoms with Gasteiger partial charge in [0.1, 0.15) is 0 Å². The highest BCUT2D eigenvalue weighted by Crippen LogP contribution is 2.62. The van der Waals surface area contributed by atoms with Gasteiger partial charge in [-0.1, -0.05) is 19.3 Å². The summed E-state index contributed by atoms with van der Waals surface area (Å²) in [5, 5.41) is 18.4. The fourth-order valence-corrected chi connectivity index (χ4v) is 23.9. The smallest absolute Gasteiger partial charge is 0.465 e. The molecule has 10 fully saturated rings. The Morgan fingerprint density at radius 2 is 0.762 bits per heavy atom. The second kappa shape index (κ2) is 40.5. The number of halogens is 12. The molecule has 34 heteroatoms. The molecule has 0 radical (unpaired) electrons. The third-order valence-electron chi connectivity index (χ3n) is 20.9. The quantitative estimate of drug-likeness (QED) is 0.0376. The number of carbonyl (C=O) groups is 3. The van der Waals surface area contributed by atoms with Gasteiger partial charge < -0.3 is 68.4 Å². The summed E-state index contributed by atoms with van der Waals surface area (Å²) in [7, 11) is -8.45. The second-order valence-corrected chi connectivity index (χ2v) is 39.3. The molecule has 8 saturated carbocycles. The van der Waals surface area contributed by atoms with Crippen molar-refractivity contribution < 1.29 is 135 Å². The Hall–Kier alpha value is -1.88. The molecule has 0 amide bonds. The van der Waals surface area contributed by atoms with Crippen LogP contribution in [-0.4, -0.2) is 178 Å². The van der Waals surface area contributed by atoms with Gasteiger partial charge in [0.15, 0.2) is 0 Å². The first-order valence-electron chi connectivity index (χ1n) is 36.5. The van der Waals surface area contributed by atoms with E-state index in [1.54, 1.807) is 0 Å². The van der Waals surface area contributed by atoms with Gasteiger partial charge in [-0.15, -0.1) is 0 Å². The van der Waals surface area contributed by atoms with E-state index in [0.717, 1.165) is 57.3 Å². The predicted octanol–water partition coefficient (Wildman–Crippen LogP) is 16.2. The largest absolute Gasteiger partial charge is 0.497 e. The number of carbonyl (C=O) groups excluding carboxylic acids is 3. The number of hydrogen-bond donors (Lipinski definition) is 2. The molecule has 101 heavy (non-hydrogen) atoms. The minimum Gasteiger partial charge on any atom is -0.465 e. The predicted molar refractivity (Wildman–Crippen MR) is 359 cm³/mol. The van der Waals surface area contributed by atoms with Crippen molar-refractivity contribution in [3.8, 4) is 0 Å². The van der Waals surface area contributed by atoms with Crippen molar-refractivity contribution in [1.82, 2.24) is 0 Å². The number of rotatable bonds is 25. The molecule has 596 valence electrons. The van der Waals surface area contributed by atoms with Crippen LogP contribution in [0.4, 0.5) is 52.7 Å². The van der Waals surface area contributed by atoms with E-state index in [4.69, 9.17) is 58.5 Å². The summed E-state index contributed by atoms with van der Waals surface area (Å²) < 4.78 is 220. The van der Waals surface area contributed by atoms with E-state index in [9.17, 15) is 72.2 Å². The van der Waals surface area contributed by atoms with Crippen molar-refractivity contribution in [3.05, 3.63) is 0 Å². The average Bonchev–Trinajstić information content (AvgIpc) is 1.67. The molecular weight excluding hydrogens is 1430 g/mol. The Morgan fingerprint density at radius 3 is 1.02 bits per heavy atom. The van der Waals surface area contributed by atoms with Crippen molar-refractivity contribution in [1.29, 1.82) is 0 Å². The highest BCUT2D eigenvalue weighted by molar-refractivity contribution is 6.64. The second-order valence-electron chi connectivity index (χ2n) is 28.2. The Balaban J connectivity index is 0.000000303. The van der Waals surface area contributed by atoms with Crippen LogP contribution >= 0.6 is 0 Å². The minimum atomic E-state index is -5.67. The summed E-state index contributed by atoms with van der Waals surface area (Å²) >= 11 is 0. The van der Waals surface area contributed by atoms with Crippen LogP contribution in [0.1, 0.15) is 185 Å². The van der Waals surface area contributed by atoms with Crippen LogP contribution in [0.25, 0.3) is 0 Å². The van der Waals surface area contributed by atoms with Gasteiger partial charge in [0.2, 0.25) is 0 Å². The molecule has 8 aliphatic carbocycles. The zero-order valence-corrected chi connectivity index (χ0v) is 66.4. The Bertz CT molecular complexity index is 2280. The lowest BCUT2D eigenvalue weighted by atomic mass is 9.73. The van der Waals surface area contributed by atoms with Gasteiger partial charge in [-0.2, -0.15) is 52.7 Å². The van der Waals surface area contributed by atoms with E-state index >= 15 is 0 Å². The zero-order valence-electron chi connectivity index (χ0n) is 62.4. The van der Waals surface area contributed by atoms with Gasteiger partial charge in [-0.3, -0.25) is 14.4 Å². The number of esters is 3. The minimum absolute atomic E-state index is 0.0440. The fraction of sp³-hybridized carbons (Fsp3) is 0.955. The van der Waals surface area contributed by atoms with Crippen LogP contribution in [0, 0.1) is 76.4 Å². The zero-order chi connectivity index (χ0) is 76.9. The normalized spacial score (nSPS) is 28.6. The Kier molecular flexibility index (Phi) is 37.4. The van der Waals surface area contributed by atoms with Gasteiger partial charge >= 0.3 is 77.6 Å². The maximum atomic E-state index is 12.6. The van der Waals surface area contributed by atoms with Gasteiger partial charge in [-0.25, -0.2) is 0 Å². The van der Waals surface area contributed by atoms with E-state index in [1.165, 1.54) is 25.7 Å². The number of alkyl halides is 12. The molecule has 1 spiro atoms. The van der Waals surface area contributed by atoms with Crippen LogP contribution in [0.5, 0.6) is 0 Å². The third kappa shape index (κ3) is 25.9. The number of fused-ring (bicyclic) bond motifs is 12. The molecule has 13 unspecified atom stereocenters. The van der Waals surface area contributed by atoms with Crippen LogP contribution in [0.2, 0.25) is 32.7 Å². The molecule has 18 nitrogen and oxygen atoms in total. The number of aliphatic hydroxyl groups is 2. The molecule has 8 bridgehead atoms. The van der Waals surface area contributed by atoms with Crippen molar-refractivity contribution >= 4 is 52.9 Å². The summed E-state index contributed by atoms with van der Waals surface area (Å²) in [6, 6.07) is 0. The summed E-state index contributed by atoms with van der Waals surface area (Å²) in [4.78, 5) is 33.5.